The number of hydrogen-bond acceptors (Lipinski definition) is 3. The van der Waals surface area contributed by atoms with Crippen molar-refractivity contribution in [3.05, 3.63) is 53.3 Å². The van der Waals surface area contributed by atoms with E-state index in [-0.39, 0.29) is 11.8 Å². The van der Waals surface area contributed by atoms with Crippen molar-refractivity contribution in [1.82, 2.24) is 0 Å². The second kappa shape index (κ2) is 8.18. The van der Waals surface area contributed by atoms with Crippen molar-refractivity contribution in [2.45, 2.75) is 26.3 Å². The molecule has 3 nitrogen and oxygen atoms in total. The van der Waals surface area contributed by atoms with Gasteiger partial charge in [-0.2, -0.15) is 0 Å². The van der Waals surface area contributed by atoms with Crippen LogP contribution in [-0.2, 0) is 0 Å². The average Bonchev–Trinajstić information content (AvgIpc) is 2.47. The van der Waals surface area contributed by atoms with E-state index in [1.807, 2.05) is 0 Å². The van der Waals surface area contributed by atoms with E-state index >= 15 is 0 Å². The average molecular weight is 338 g/mol. The smallest absolute Gasteiger partial charge is 0.204 e. The predicted octanol–water partition coefficient (Wildman–Crippen LogP) is 5.02. The summed E-state index contributed by atoms with van der Waals surface area (Å²) in [5.41, 5.74) is 6.01. The van der Waals surface area contributed by atoms with Gasteiger partial charge in [-0.3, -0.25) is 0 Å². The lowest BCUT2D eigenvalue weighted by Gasteiger charge is -2.17. The molecule has 0 spiro atoms. The van der Waals surface area contributed by atoms with Crippen LogP contribution in [0.4, 0.5) is 4.39 Å². The molecule has 0 aromatic heterocycles. The second-order valence-corrected chi connectivity index (χ2v) is 6.26. The normalized spacial score (nSPS) is 12.3. The van der Waals surface area contributed by atoms with Gasteiger partial charge in [0.05, 0.1) is 0 Å². The molecule has 2 rings (SSSR count). The van der Waals surface area contributed by atoms with E-state index in [1.54, 1.807) is 36.4 Å². The van der Waals surface area contributed by atoms with E-state index < -0.39 is 5.82 Å². The summed E-state index contributed by atoms with van der Waals surface area (Å²) in [6, 6.07) is 11.2. The van der Waals surface area contributed by atoms with E-state index in [4.69, 9.17) is 26.8 Å². The fourth-order valence-corrected chi connectivity index (χ4v) is 2.40. The molecule has 0 amide bonds. The first-order valence-corrected chi connectivity index (χ1v) is 7.94. The van der Waals surface area contributed by atoms with Gasteiger partial charge in [0.2, 0.25) is 5.75 Å². The molecule has 2 N–H and O–H groups in total. The maximum Gasteiger partial charge on any atom is 0.204 e. The molecule has 0 aliphatic heterocycles. The highest BCUT2D eigenvalue weighted by atomic mass is 35.5. The van der Waals surface area contributed by atoms with Crippen molar-refractivity contribution in [2.75, 3.05) is 6.61 Å². The minimum absolute atomic E-state index is 0.0338. The van der Waals surface area contributed by atoms with Crippen LogP contribution in [0.3, 0.4) is 0 Å². The summed E-state index contributed by atoms with van der Waals surface area (Å²) in [4.78, 5) is 0. The molecule has 2 aromatic rings. The van der Waals surface area contributed by atoms with E-state index in [2.05, 4.69) is 13.8 Å². The predicted molar refractivity (Wildman–Crippen MR) is 90.9 cm³/mol. The maximum atomic E-state index is 14.1. The summed E-state index contributed by atoms with van der Waals surface area (Å²) in [5, 5.41) is 0.514. The summed E-state index contributed by atoms with van der Waals surface area (Å²) in [7, 11) is 0. The highest BCUT2D eigenvalue weighted by Gasteiger charge is 2.14. The highest BCUT2D eigenvalue weighted by molar-refractivity contribution is 6.30. The van der Waals surface area contributed by atoms with Crippen LogP contribution < -0.4 is 15.2 Å². The Morgan fingerprint density at radius 1 is 1.17 bits per heavy atom. The van der Waals surface area contributed by atoms with Crippen LogP contribution in [0.25, 0.3) is 0 Å². The molecule has 0 heterocycles. The van der Waals surface area contributed by atoms with Crippen LogP contribution in [0.15, 0.2) is 42.5 Å². The Labute approximate surface area is 141 Å². The molecule has 23 heavy (non-hydrogen) atoms. The Morgan fingerprint density at radius 3 is 2.61 bits per heavy atom. The van der Waals surface area contributed by atoms with Gasteiger partial charge >= 0.3 is 0 Å². The lowest BCUT2D eigenvalue weighted by atomic mass is 10.1. The number of benzene rings is 2. The molecule has 0 unspecified atom stereocenters. The largest absolute Gasteiger partial charge is 0.488 e. The number of nitrogens with two attached hydrogens (primary N) is 1. The van der Waals surface area contributed by atoms with Gasteiger partial charge in [-0.1, -0.05) is 37.6 Å². The number of rotatable bonds is 7. The van der Waals surface area contributed by atoms with Crippen molar-refractivity contribution >= 4 is 11.6 Å². The fourth-order valence-electron chi connectivity index (χ4n) is 2.22. The van der Waals surface area contributed by atoms with E-state index in [9.17, 15) is 4.39 Å². The second-order valence-electron chi connectivity index (χ2n) is 5.83. The summed E-state index contributed by atoms with van der Waals surface area (Å²) in [6.07, 6.45) is 0.833. The van der Waals surface area contributed by atoms with Crippen molar-refractivity contribution < 1.29 is 13.9 Å². The quantitative estimate of drug-likeness (QED) is 0.771. The molecule has 5 heteroatoms. The number of hydrogen-bond donors (Lipinski definition) is 1. The Kier molecular flexibility index (Phi) is 6.25. The minimum Gasteiger partial charge on any atom is -0.488 e. The molecule has 0 saturated heterocycles. The monoisotopic (exact) mass is 337 g/mol. The number of ether oxygens (including phenoxy) is 2. The van der Waals surface area contributed by atoms with Crippen LogP contribution in [0, 0.1) is 11.7 Å². The summed E-state index contributed by atoms with van der Waals surface area (Å²) in [6.45, 7) is 4.49. The van der Waals surface area contributed by atoms with Gasteiger partial charge in [-0.15, -0.1) is 0 Å². The van der Waals surface area contributed by atoms with Crippen molar-refractivity contribution in [3.63, 3.8) is 0 Å². The molecule has 0 fully saturated rings. The van der Waals surface area contributed by atoms with Crippen LogP contribution in [0.5, 0.6) is 17.2 Å². The molecule has 0 aliphatic carbocycles. The van der Waals surface area contributed by atoms with E-state index in [1.165, 1.54) is 6.07 Å². The number of para-hydroxylation sites is 1. The highest BCUT2D eigenvalue weighted by Crippen LogP contribution is 2.35. The zero-order valence-corrected chi connectivity index (χ0v) is 14.0. The molecule has 0 saturated carbocycles. The Morgan fingerprint density at radius 2 is 1.91 bits per heavy atom. The molecular formula is C18H21ClFNO2. The van der Waals surface area contributed by atoms with Gasteiger partial charge in [0.1, 0.15) is 12.4 Å². The molecule has 1 atom stereocenters. The SMILES string of the molecule is CC(C)C[C@@H](N)COc1cccc(F)c1Oc1cccc(Cl)c1. The topological polar surface area (TPSA) is 44.5 Å². The minimum atomic E-state index is -0.500. The molecular weight excluding hydrogens is 317 g/mol. The van der Waals surface area contributed by atoms with Crippen molar-refractivity contribution in [1.29, 1.82) is 0 Å². The van der Waals surface area contributed by atoms with Gasteiger partial charge in [0, 0.05) is 11.1 Å². The Balaban J connectivity index is 2.13. The van der Waals surface area contributed by atoms with E-state index in [0.29, 0.717) is 29.0 Å². The van der Waals surface area contributed by atoms with Gasteiger partial charge < -0.3 is 15.2 Å². The summed E-state index contributed by atoms with van der Waals surface area (Å²) >= 11 is 5.92. The van der Waals surface area contributed by atoms with Crippen molar-refractivity contribution in [2.24, 2.45) is 11.7 Å². The molecule has 124 valence electrons. The Hall–Kier alpha value is -1.78. The third-order valence-corrected chi connectivity index (χ3v) is 3.41. The summed E-state index contributed by atoms with van der Waals surface area (Å²) < 4.78 is 25.4. The first-order valence-electron chi connectivity index (χ1n) is 7.56. The lowest BCUT2D eigenvalue weighted by Crippen LogP contribution is -2.29. The van der Waals surface area contributed by atoms with Crippen molar-refractivity contribution in [3.8, 4) is 17.2 Å². The van der Waals surface area contributed by atoms with Gasteiger partial charge in [-0.25, -0.2) is 4.39 Å². The van der Waals surface area contributed by atoms with Crippen LogP contribution in [0.2, 0.25) is 5.02 Å². The van der Waals surface area contributed by atoms with Crippen LogP contribution >= 0.6 is 11.6 Å². The standard InChI is InChI=1S/C18H21ClFNO2/c1-12(2)9-14(21)11-22-17-8-4-7-16(20)18(17)23-15-6-3-5-13(19)10-15/h3-8,10,12,14H,9,11,21H2,1-2H3/t14-/m1/s1. The fraction of sp³-hybridized carbons (Fsp3) is 0.333. The van der Waals surface area contributed by atoms with Gasteiger partial charge in [0.25, 0.3) is 0 Å². The lowest BCUT2D eigenvalue weighted by molar-refractivity contribution is 0.259. The van der Waals surface area contributed by atoms with Crippen LogP contribution in [0.1, 0.15) is 20.3 Å². The van der Waals surface area contributed by atoms with E-state index in [0.717, 1.165) is 6.42 Å². The molecule has 0 bridgehead atoms. The zero-order valence-electron chi connectivity index (χ0n) is 13.3. The molecule has 0 aliphatic rings. The molecule has 0 radical (unpaired) electrons. The molecule has 2 aromatic carbocycles. The third-order valence-electron chi connectivity index (χ3n) is 3.17. The first kappa shape index (κ1) is 17.6. The van der Waals surface area contributed by atoms with Crippen LogP contribution in [-0.4, -0.2) is 12.6 Å². The zero-order chi connectivity index (χ0) is 16.8. The Bertz CT molecular complexity index is 649. The maximum absolute atomic E-state index is 14.1. The first-order chi connectivity index (χ1) is 11.0. The van der Waals surface area contributed by atoms with Gasteiger partial charge in [-0.05, 0) is 42.7 Å². The number of halogens is 2. The van der Waals surface area contributed by atoms with Gasteiger partial charge in [0.15, 0.2) is 11.6 Å². The third kappa shape index (κ3) is 5.41. The summed E-state index contributed by atoms with van der Waals surface area (Å²) in [5.74, 6) is 0.776.